The zero-order chi connectivity index (χ0) is 21.4. The summed E-state index contributed by atoms with van der Waals surface area (Å²) in [4.78, 5) is 0. The fourth-order valence-corrected chi connectivity index (χ4v) is 0.612. The molecule has 150 valence electrons. The highest BCUT2D eigenvalue weighted by Gasteiger charge is 2.55. The van der Waals surface area contributed by atoms with Crippen LogP contribution in [0.15, 0.2) is 22.3 Å². The zero-order valence-corrected chi connectivity index (χ0v) is 20.4. The van der Waals surface area contributed by atoms with Crippen LogP contribution in [0.4, 0.5) is 0 Å². The maximum absolute atomic E-state index is 5.29. The van der Waals surface area contributed by atoms with E-state index in [-0.39, 0.29) is 11.2 Å². The summed E-state index contributed by atoms with van der Waals surface area (Å²) in [5.74, 6) is 5.36. The molecule has 0 unspecified atom stereocenters. The summed E-state index contributed by atoms with van der Waals surface area (Å²) in [6.45, 7) is 33.0. The molecule has 0 saturated carbocycles. The molecule has 0 aromatic heterocycles. The third-order valence-electron chi connectivity index (χ3n) is 4.17. The van der Waals surface area contributed by atoms with Gasteiger partial charge >= 0.3 is 0 Å². The minimum Gasteiger partial charge on any atom is -0.364 e. The lowest BCUT2D eigenvalue weighted by molar-refractivity contribution is 0.296. The first-order valence-electron chi connectivity index (χ1n) is 9.41. The van der Waals surface area contributed by atoms with E-state index in [2.05, 4.69) is 94.9 Å². The molecule has 0 aliphatic carbocycles. The Hall–Kier alpha value is -1.00. The Bertz CT molecular complexity index is 372. The maximum atomic E-state index is 5.29. The Morgan fingerprint density at radius 1 is 0.520 bits per heavy atom. The summed E-state index contributed by atoms with van der Waals surface area (Å²) in [7, 11) is 0. The van der Waals surface area contributed by atoms with Crippen LogP contribution in [0.3, 0.4) is 0 Å². The number of epoxide rings is 1. The SMILES string of the molecule is CC.CC#CC.CC(C)=C(C)C.CC(C)=C(C)C.CC1(C)OC1(C)C. The molecule has 1 heterocycles. The van der Waals surface area contributed by atoms with Gasteiger partial charge in [0.2, 0.25) is 0 Å². The first-order valence-corrected chi connectivity index (χ1v) is 9.41. The smallest absolute Gasteiger partial charge is 0.0918 e. The van der Waals surface area contributed by atoms with Crippen molar-refractivity contribution in [3.05, 3.63) is 22.3 Å². The van der Waals surface area contributed by atoms with Crippen molar-refractivity contribution in [3.8, 4) is 11.8 Å². The van der Waals surface area contributed by atoms with Crippen molar-refractivity contribution in [2.24, 2.45) is 0 Å². The quantitative estimate of drug-likeness (QED) is 0.242. The van der Waals surface area contributed by atoms with Gasteiger partial charge in [-0.1, -0.05) is 36.1 Å². The lowest BCUT2D eigenvalue weighted by atomic mass is 10.0. The molecule has 1 nitrogen and oxygen atoms in total. The van der Waals surface area contributed by atoms with Crippen LogP contribution >= 0.6 is 0 Å². The summed E-state index contributed by atoms with van der Waals surface area (Å²) in [5.41, 5.74) is 6.00. The molecule has 0 radical (unpaired) electrons. The number of hydrogen-bond donors (Lipinski definition) is 0. The van der Waals surface area contributed by atoms with E-state index < -0.39 is 0 Å². The molecular formula is C24H48O. The predicted octanol–water partition coefficient (Wildman–Crippen LogP) is 8.35. The fourth-order valence-electron chi connectivity index (χ4n) is 0.612. The second-order valence-electron chi connectivity index (χ2n) is 7.62. The van der Waals surface area contributed by atoms with E-state index in [1.54, 1.807) is 0 Å². The monoisotopic (exact) mass is 352 g/mol. The first-order chi connectivity index (χ1) is 11.2. The molecule has 0 N–H and O–H groups in total. The van der Waals surface area contributed by atoms with Crippen LogP contribution in [0, 0.1) is 11.8 Å². The number of rotatable bonds is 0. The minimum absolute atomic E-state index is 0.146. The van der Waals surface area contributed by atoms with Crippen LogP contribution in [0.1, 0.15) is 111 Å². The van der Waals surface area contributed by atoms with Crippen molar-refractivity contribution in [2.75, 3.05) is 0 Å². The van der Waals surface area contributed by atoms with Gasteiger partial charge in [-0.3, -0.25) is 0 Å². The van der Waals surface area contributed by atoms with Gasteiger partial charge in [0.05, 0.1) is 11.2 Å². The Morgan fingerprint density at radius 2 is 0.640 bits per heavy atom. The van der Waals surface area contributed by atoms with Crippen molar-refractivity contribution in [1.82, 2.24) is 0 Å². The summed E-state index contributed by atoms with van der Waals surface area (Å²) < 4.78 is 5.29. The van der Waals surface area contributed by atoms with Crippen molar-refractivity contribution in [2.45, 2.75) is 122 Å². The van der Waals surface area contributed by atoms with Crippen molar-refractivity contribution >= 4 is 0 Å². The molecule has 0 spiro atoms. The molecular weight excluding hydrogens is 304 g/mol. The van der Waals surface area contributed by atoms with Crippen molar-refractivity contribution < 1.29 is 4.74 Å². The Balaban J connectivity index is -0.000000116. The third kappa shape index (κ3) is 23.0. The number of ether oxygens (including phenoxy) is 1. The van der Waals surface area contributed by atoms with E-state index >= 15 is 0 Å². The Labute approximate surface area is 161 Å². The molecule has 25 heavy (non-hydrogen) atoms. The number of allylic oxidation sites excluding steroid dienone is 4. The van der Waals surface area contributed by atoms with Crippen LogP contribution < -0.4 is 0 Å². The highest BCUT2D eigenvalue weighted by atomic mass is 16.6. The van der Waals surface area contributed by atoms with Gasteiger partial charge in [-0.25, -0.2) is 0 Å². The largest absolute Gasteiger partial charge is 0.364 e. The van der Waals surface area contributed by atoms with Gasteiger partial charge in [0.1, 0.15) is 0 Å². The standard InChI is InChI=1S/C6H12O.2C6H12.C4H6.C2H6/c1-5(2)6(3,4)7-5;2*1-5(2)6(3)4;1-3-4-2;1-2/h1-4H3;2*1-4H3;1-2H3;1-2H3. The second kappa shape index (κ2) is 16.5. The van der Waals surface area contributed by atoms with Gasteiger partial charge in [0, 0.05) is 0 Å². The molecule has 0 aromatic rings. The van der Waals surface area contributed by atoms with Crippen molar-refractivity contribution in [3.63, 3.8) is 0 Å². The van der Waals surface area contributed by atoms with Gasteiger partial charge < -0.3 is 4.74 Å². The molecule has 0 atom stereocenters. The van der Waals surface area contributed by atoms with Gasteiger partial charge in [-0.15, -0.1) is 11.8 Å². The van der Waals surface area contributed by atoms with Gasteiger partial charge in [-0.05, 0) is 96.9 Å². The Kier molecular flexibility index (Phi) is 20.9. The van der Waals surface area contributed by atoms with Crippen LogP contribution in [0.2, 0.25) is 0 Å². The third-order valence-corrected chi connectivity index (χ3v) is 4.17. The molecule has 0 bridgehead atoms. The van der Waals surface area contributed by atoms with Crippen LogP contribution in [0.5, 0.6) is 0 Å². The summed E-state index contributed by atoms with van der Waals surface area (Å²) in [5, 5.41) is 0. The van der Waals surface area contributed by atoms with Gasteiger partial charge in [0.15, 0.2) is 0 Å². The molecule has 1 rings (SSSR count). The van der Waals surface area contributed by atoms with Gasteiger partial charge in [0.25, 0.3) is 0 Å². The van der Waals surface area contributed by atoms with E-state index in [1.165, 1.54) is 22.3 Å². The summed E-state index contributed by atoms with van der Waals surface area (Å²) in [6.07, 6.45) is 0. The van der Waals surface area contributed by atoms with E-state index in [9.17, 15) is 0 Å². The van der Waals surface area contributed by atoms with Crippen LogP contribution in [-0.4, -0.2) is 11.2 Å². The first kappa shape index (κ1) is 31.7. The van der Waals surface area contributed by atoms with E-state index in [0.29, 0.717) is 0 Å². The second-order valence-corrected chi connectivity index (χ2v) is 7.62. The molecule has 0 amide bonds. The topological polar surface area (TPSA) is 12.5 Å². The molecule has 1 aliphatic rings. The zero-order valence-electron chi connectivity index (χ0n) is 20.4. The summed E-state index contributed by atoms with van der Waals surface area (Å²) >= 11 is 0. The van der Waals surface area contributed by atoms with Crippen LogP contribution in [0.25, 0.3) is 0 Å². The van der Waals surface area contributed by atoms with Crippen LogP contribution in [-0.2, 0) is 4.74 Å². The molecule has 1 heteroatoms. The van der Waals surface area contributed by atoms with Gasteiger partial charge in [-0.2, -0.15) is 0 Å². The normalized spacial score (nSPS) is 13.8. The average molecular weight is 353 g/mol. The highest BCUT2D eigenvalue weighted by molar-refractivity contribution is 5.04. The predicted molar refractivity (Wildman–Crippen MR) is 119 cm³/mol. The minimum atomic E-state index is 0.146. The molecule has 1 saturated heterocycles. The van der Waals surface area contributed by atoms with Crippen molar-refractivity contribution in [1.29, 1.82) is 0 Å². The Morgan fingerprint density at radius 3 is 0.640 bits per heavy atom. The van der Waals surface area contributed by atoms with E-state index in [1.807, 2.05) is 27.7 Å². The summed E-state index contributed by atoms with van der Waals surface area (Å²) in [6, 6.07) is 0. The lowest BCUT2D eigenvalue weighted by Crippen LogP contribution is -2.10. The maximum Gasteiger partial charge on any atom is 0.0918 e. The van der Waals surface area contributed by atoms with E-state index in [0.717, 1.165) is 0 Å². The fraction of sp³-hybridized carbons (Fsp3) is 0.750. The number of hydrogen-bond acceptors (Lipinski definition) is 1. The molecule has 0 aromatic carbocycles. The highest BCUT2D eigenvalue weighted by Crippen LogP contribution is 2.46. The van der Waals surface area contributed by atoms with E-state index in [4.69, 9.17) is 4.74 Å². The molecule has 1 fully saturated rings. The average Bonchev–Trinajstić information content (AvgIpc) is 2.97. The lowest BCUT2D eigenvalue weighted by Gasteiger charge is -1.95. The molecule has 1 aliphatic heterocycles.